The second-order valence-corrected chi connectivity index (χ2v) is 21.5. The van der Waals surface area contributed by atoms with E-state index in [-0.39, 0.29) is 46.1 Å². The van der Waals surface area contributed by atoms with Gasteiger partial charge in [0, 0.05) is 73.8 Å². The first-order valence-corrected chi connectivity index (χ1v) is 21.9. The summed E-state index contributed by atoms with van der Waals surface area (Å²) in [5, 5.41) is 7.76. The van der Waals surface area contributed by atoms with Gasteiger partial charge in [-0.1, -0.05) is 79.1 Å². The second-order valence-electron chi connectivity index (χ2n) is 21.0. The van der Waals surface area contributed by atoms with E-state index in [1.54, 1.807) is 13.8 Å². The Balaban J connectivity index is 0.00000295. The number of rotatable bonds is 12. The normalized spacial score (nSPS) is 35.0. The number of allylic oxidation sites excluding steroid dienone is 1. The monoisotopic (exact) mass is 797 g/mol. The molecular formula is C47H75ClN3O5+. The number of quaternary nitrogens is 1. The van der Waals surface area contributed by atoms with Crippen LogP contribution in [0.1, 0.15) is 119 Å². The Morgan fingerprint density at radius 3 is 2.23 bits per heavy atom. The lowest BCUT2D eigenvalue weighted by Crippen LogP contribution is -2.73. The number of carbonyl (C=O) groups is 3. The van der Waals surface area contributed by atoms with Gasteiger partial charge in [0.2, 0.25) is 0 Å². The smallest absolute Gasteiger partial charge is 0.307 e. The van der Waals surface area contributed by atoms with Crippen LogP contribution in [0.3, 0.4) is 0 Å². The molecule has 3 aliphatic carbocycles. The third-order valence-electron chi connectivity index (χ3n) is 15.8. The zero-order chi connectivity index (χ0) is 41.6. The first-order valence-electron chi connectivity index (χ1n) is 21.5. The van der Waals surface area contributed by atoms with Gasteiger partial charge in [-0.3, -0.25) is 19.0 Å². The highest BCUT2D eigenvalue weighted by molar-refractivity contribution is 6.30. The van der Waals surface area contributed by atoms with Crippen molar-refractivity contribution in [3.63, 3.8) is 0 Å². The van der Waals surface area contributed by atoms with Crippen molar-refractivity contribution in [2.45, 2.75) is 132 Å². The number of benzene rings is 1. The quantitative estimate of drug-likeness (QED) is 0.129. The number of ether oxygens (including phenoxy) is 1. The molecule has 314 valence electrons. The van der Waals surface area contributed by atoms with Gasteiger partial charge in [0.05, 0.1) is 37.0 Å². The molecule has 9 heteroatoms. The molecule has 1 aromatic rings. The molecule has 8 unspecified atom stereocenters. The lowest BCUT2D eigenvalue weighted by molar-refractivity contribution is -0.925. The number of hydrogen-bond donors (Lipinski definition) is 1. The van der Waals surface area contributed by atoms with E-state index in [4.69, 9.17) is 21.4 Å². The van der Waals surface area contributed by atoms with Crippen LogP contribution in [0.25, 0.3) is 0 Å². The molecule has 2 heterocycles. The highest BCUT2D eigenvalue weighted by atomic mass is 35.5. The minimum Gasteiger partial charge on any atom is -0.462 e. The first-order chi connectivity index (χ1) is 26.1. The SMILES string of the molecule is CC(C)C1=C2C(CN(CCN(C)C)Cc3ccc(Cl)cc3)(CCC3C4(C)CCC5C(C)(C)C(OC(=O)CC(C)(C)C=O)CCC5(C)C4CC[N+]23C)CC1=O.CO. The summed E-state index contributed by atoms with van der Waals surface area (Å²) >= 11 is 6.30. The fourth-order valence-electron chi connectivity index (χ4n) is 13.5. The van der Waals surface area contributed by atoms with Gasteiger partial charge in [0.15, 0.2) is 5.78 Å². The molecule has 0 amide bonds. The van der Waals surface area contributed by atoms with Gasteiger partial charge in [0.1, 0.15) is 18.1 Å². The van der Waals surface area contributed by atoms with E-state index >= 15 is 0 Å². The number of likely N-dealkylation sites (N-methyl/N-ethyl adjacent to an activating group) is 1. The number of Topliss-reactive ketones (excluding diaryl/α,β-unsaturated/α-hetero) is 1. The largest absolute Gasteiger partial charge is 0.462 e. The molecule has 0 bridgehead atoms. The number of fused-ring (bicyclic) bond motifs is 7. The van der Waals surface area contributed by atoms with Crippen molar-refractivity contribution < 1.29 is 28.7 Å². The van der Waals surface area contributed by atoms with E-state index in [9.17, 15) is 14.4 Å². The van der Waals surface area contributed by atoms with Crippen LogP contribution in [-0.2, 0) is 25.7 Å². The summed E-state index contributed by atoms with van der Waals surface area (Å²) in [6.07, 6.45) is 9.05. The van der Waals surface area contributed by atoms with Crippen LogP contribution in [-0.4, -0.2) is 104 Å². The summed E-state index contributed by atoms with van der Waals surface area (Å²) in [7, 11) is 7.82. The summed E-state index contributed by atoms with van der Waals surface area (Å²) in [5.74, 6) is 1.35. The Kier molecular flexibility index (Phi) is 13.3. The summed E-state index contributed by atoms with van der Waals surface area (Å²) in [6, 6.07) is 8.76. The van der Waals surface area contributed by atoms with Gasteiger partial charge in [-0.15, -0.1) is 0 Å². The molecule has 0 radical (unpaired) electrons. The van der Waals surface area contributed by atoms with Crippen LogP contribution in [0.15, 0.2) is 35.5 Å². The van der Waals surface area contributed by atoms with E-state index in [0.717, 1.165) is 106 Å². The average Bonchev–Trinajstić information content (AvgIpc) is 3.42. The Hall–Kier alpha value is -2.10. The molecule has 1 N–H and O–H groups in total. The zero-order valence-corrected chi connectivity index (χ0v) is 37.7. The van der Waals surface area contributed by atoms with E-state index < -0.39 is 5.41 Å². The lowest BCUT2D eigenvalue weighted by atomic mass is 9.40. The molecule has 2 saturated carbocycles. The van der Waals surface area contributed by atoms with Gasteiger partial charge >= 0.3 is 5.97 Å². The maximum atomic E-state index is 14.4. The van der Waals surface area contributed by atoms with Crippen molar-refractivity contribution in [1.82, 2.24) is 9.80 Å². The number of aliphatic hydroxyl groups is 1. The van der Waals surface area contributed by atoms with Gasteiger partial charge < -0.3 is 19.5 Å². The Morgan fingerprint density at radius 1 is 0.982 bits per heavy atom. The van der Waals surface area contributed by atoms with Crippen LogP contribution >= 0.6 is 11.6 Å². The number of aldehydes is 1. The first kappa shape index (κ1) is 45.0. The predicted octanol–water partition coefficient (Wildman–Crippen LogP) is 8.58. The van der Waals surface area contributed by atoms with Gasteiger partial charge in [-0.25, -0.2) is 0 Å². The molecule has 0 aromatic heterocycles. The van der Waals surface area contributed by atoms with Gasteiger partial charge in [0.25, 0.3) is 0 Å². The van der Waals surface area contributed by atoms with Crippen LogP contribution in [0.5, 0.6) is 0 Å². The summed E-state index contributed by atoms with van der Waals surface area (Å²) in [5.41, 5.74) is 3.13. The number of piperidine rings is 2. The van der Waals surface area contributed by atoms with Crippen molar-refractivity contribution in [1.29, 1.82) is 0 Å². The highest BCUT2D eigenvalue weighted by Gasteiger charge is 2.71. The molecule has 2 aliphatic heterocycles. The molecule has 56 heavy (non-hydrogen) atoms. The summed E-state index contributed by atoms with van der Waals surface area (Å²) < 4.78 is 7.18. The summed E-state index contributed by atoms with van der Waals surface area (Å²) in [4.78, 5) is 43.9. The van der Waals surface area contributed by atoms with Gasteiger partial charge in [-0.05, 0) is 87.1 Å². The number of ketones is 1. The topological polar surface area (TPSA) is 87.2 Å². The third kappa shape index (κ3) is 8.09. The highest BCUT2D eigenvalue weighted by Crippen LogP contribution is 2.71. The Morgan fingerprint density at radius 2 is 1.62 bits per heavy atom. The number of halogens is 1. The molecule has 6 rings (SSSR count). The van der Waals surface area contributed by atoms with Crippen molar-refractivity contribution >= 4 is 29.6 Å². The molecule has 8 atom stereocenters. The zero-order valence-electron chi connectivity index (χ0n) is 37.0. The van der Waals surface area contributed by atoms with E-state index in [2.05, 4.69) is 84.6 Å². The van der Waals surface area contributed by atoms with Crippen molar-refractivity contribution in [2.75, 3.05) is 54.4 Å². The average molecular weight is 798 g/mol. The van der Waals surface area contributed by atoms with Crippen molar-refractivity contribution in [2.24, 2.45) is 44.8 Å². The number of carbonyl (C=O) groups excluding carboxylic acids is 3. The van der Waals surface area contributed by atoms with E-state index in [1.165, 1.54) is 11.3 Å². The van der Waals surface area contributed by atoms with Crippen molar-refractivity contribution in [3.05, 3.63) is 46.1 Å². The number of hydrogen-bond acceptors (Lipinski definition) is 7. The van der Waals surface area contributed by atoms with E-state index in [1.807, 2.05) is 12.1 Å². The van der Waals surface area contributed by atoms with Crippen LogP contribution in [0.4, 0.5) is 0 Å². The standard InChI is InChI=1S/C46H71ClN3O4.CH4O/c1-31(2)40-34(52)26-46(29-49(24-23-48(9)10)28-32-12-14-33(47)15-13-32)22-17-37-45(8)20-16-35-43(5,6)38(54-39(53)27-42(3,4)30-51)18-21-44(35,7)36(45)19-25-50(37,11)41(40)46;1-2/h12-15,30-31,35-38H,16-29H2,1-11H3;2H,1H3/q+1;. The third-order valence-corrected chi connectivity index (χ3v) is 16.1. The molecule has 0 spiro atoms. The molecule has 2 saturated heterocycles. The molecule has 1 aromatic carbocycles. The Bertz CT molecular complexity index is 1640. The number of aliphatic hydroxyl groups excluding tert-OH is 1. The van der Waals surface area contributed by atoms with E-state index in [0.29, 0.717) is 30.1 Å². The molecular weight excluding hydrogens is 722 g/mol. The lowest BCUT2D eigenvalue weighted by Gasteiger charge is -2.70. The van der Waals surface area contributed by atoms with Crippen LogP contribution in [0.2, 0.25) is 5.02 Å². The molecule has 4 fully saturated rings. The van der Waals surface area contributed by atoms with Crippen molar-refractivity contribution in [3.8, 4) is 0 Å². The van der Waals surface area contributed by atoms with Crippen LogP contribution in [0, 0.1) is 44.8 Å². The van der Waals surface area contributed by atoms with Gasteiger partial charge in [-0.2, -0.15) is 0 Å². The minimum absolute atomic E-state index is 0.122. The molecule has 8 nitrogen and oxygen atoms in total. The Labute approximate surface area is 344 Å². The minimum atomic E-state index is -0.711. The predicted molar refractivity (Wildman–Crippen MR) is 226 cm³/mol. The molecule has 5 aliphatic rings. The maximum Gasteiger partial charge on any atom is 0.307 e. The number of nitrogens with zero attached hydrogens (tertiary/aromatic N) is 3. The number of esters is 1. The summed E-state index contributed by atoms with van der Waals surface area (Å²) in [6.45, 7) is 22.7. The fraction of sp³-hybridized carbons (Fsp3) is 0.766. The van der Waals surface area contributed by atoms with Crippen LogP contribution < -0.4 is 0 Å². The maximum absolute atomic E-state index is 14.4. The fourth-order valence-corrected chi connectivity index (χ4v) is 13.6. The second kappa shape index (κ2) is 16.5.